The molecule has 2 rings (SSSR count). The monoisotopic (exact) mass is 402 g/mol. The Kier molecular flexibility index (Phi) is 4.98. The predicted octanol–water partition coefficient (Wildman–Crippen LogP) is 3.77. The minimum Gasteiger partial charge on any atom is -0.360 e. The molecule has 0 spiro atoms. The van der Waals surface area contributed by atoms with E-state index >= 15 is 0 Å². The molecule has 0 fully saturated rings. The SMILES string of the molecule is C[Si](C)(C)CCOCn1nc(I)c2ccc(C=O)cc21. The maximum Gasteiger partial charge on any atom is 0.150 e. The second-order valence-corrected chi connectivity index (χ2v) is 12.7. The zero-order valence-electron chi connectivity index (χ0n) is 12.0. The van der Waals surface area contributed by atoms with Crippen molar-refractivity contribution in [3.8, 4) is 0 Å². The van der Waals surface area contributed by atoms with E-state index in [4.69, 9.17) is 4.74 Å². The number of carbonyl (C=O) groups is 1. The lowest BCUT2D eigenvalue weighted by Gasteiger charge is -2.15. The highest BCUT2D eigenvalue weighted by atomic mass is 127. The van der Waals surface area contributed by atoms with Gasteiger partial charge in [0, 0.05) is 25.6 Å². The number of aromatic nitrogens is 2. The van der Waals surface area contributed by atoms with E-state index < -0.39 is 8.07 Å². The van der Waals surface area contributed by atoms with Crippen molar-refractivity contribution < 1.29 is 9.53 Å². The van der Waals surface area contributed by atoms with Crippen molar-refractivity contribution in [1.29, 1.82) is 0 Å². The molecule has 4 nitrogen and oxygen atoms in total. The molecule has 0 bridgehead atoms. The van der Waals surface area contributed by atoms with Gasteiger partial charge in [-0.05, 0) is 40.8 Å². The second kappa shape index (κ2) is 6.36. The molecule has 20 heavy (non-hydrogen) atoms. The Morgan fingerprint density at radius 3 is 2.80 bits per heavy atom. The van der Waals surface area contributed by atoms with Crippen LogP contribution in [0.5, 0.6) is 0 Å². The summed E-state index contributed by atoms with van der Waals surface area (Å²) in [7, 11) is -1.06. The van der Waals surface area contributed by atoms with Gasteiger partial charge in [0.15, 0.2) is 0 Å². The van der Waals surface area contributed by atoms with Crippen LogP contribution >= 0.6 is 22.6 Å². The lowest BCUT2D eigenvalue weighted by Crippen LogP contribution is -2.22. The second-order valence-electron chi connectivity index (χ2n) is 6.03. The molecule has 108 valence electrons. The normalized spacial score (nSPS) is 12.0. The van der Waals surface area contributed by atoms with Gasteiger partial charge in [-0.15, -0.1) is 0 Å². The van der Waals surface area contributed by atoms with Crippen LogP contribution in [0.15, 0.2) is 18.2 Å². The minimum atomic E-state index is -1.06. The maximum atomic E-state index is 10.9. The summed E-state index contributed by atoms with van der Waals surface area (Å²) in [6.45, 7) is 8.20. The van der Waals surface area contributed by atoms with Crippen molar-refractivity contribution in [2.24, 2.45) is 0 Å². The van der Waals surface area contributed by atoms with Crippen LogP contribution in [0.4, 0.5) is 0 Å². The molecular formula is C14H19IN2O2Si. The first-order valence-corrected chi connectivity index (χ1v) is 11.4. The van der Waals surface area contributed by atoms with Crippen molar-refractivity contribution >= 4 is 47.9 Å². The third-order valence-electron chi connectivity index (χ3n) is 3.08. The van der Waals surface area contributed by atoms with Crippen LogP contribution in [0, 0.1) is 3.70 Å². The molecule has 0 saturated carbocycles. The standard InChI is InChI=1S/C14H19IN2O2Si/c1-20(2,3)7-6-19-10-17-13-8-11(9-18)4-5-12(13)14(15)16-17/h4-5,8-9H,6-7,10H2,1-3H3. The molecule has 1 aromatic heterocycles. The molecule has 0 atom stereocenters. The van der Waals surface area contributed by atoms with Gasteiger partial charge < -0.3 is 4.74 Å². The molecule has 1 aromatic carbocycles. The number of ether oxygens (including phenoxy) is 1. The number of benzene rings is 1. The number of halogens is 1. The van der Waals surface area contributed by atoms with E-state index in [1.165, 1.54) is 0 Å². The molecular weight excluding hydrogens is 383 g/mol. The van der Waals surface area contributed by atoms with E-state index in [9.17, 15) is 4.79 Å². The van der Waals surface area contributed by atoms with Crippen molar-refractivity contribution in [2.75, 3.05) is 6.61 Å². The highest BCUT2D eigenvalue weighted by molar-refractivity contribution is 14.1. The Balaban J connectivity index is 2.11. The number of fused-ring (bicyclic) bond motifs is 1. The van der Waals surface area contributed by atoms with Crippen LogP contribution in [0.2, 0.25) is 25.7 Å². The summed E-state index contributed by atoms with van der Waals surface area (Å²) in [5, 5.41) is 5.53. The summed E-state index contributed by atoms with van der Waals surface area (Å²) in [4.78, 5) is 10.9. The van der Waals surface area contributed by atoms with E-state index in [1.54, 1.807) is 0 Å². The average molecular weight is 402 g/mol. The van der Waals surface area contributed by atoms with Gasteiger partial charge in [0.1, 0.15) is 16.7 Å². The first kappa shape index (κ1) is 15.7. The lowest BCUT2D eigenvalue weighted by molar-refractivity contribution is 0.0814. The van der Waals surface area contributed by atoms with Gasteiger partial charge >= 0.3 is 0 Å². The first-order chi connectivity index (χ1) is 9.40. The van der Waals surface area contributed by atoms with Crippen molar-refractivity contribution in [3.05, 3.63) is 27.5 Å². The van der Waals surface area contributed by atoms with Gasteiger partial charge in [0.05, 0.1) is 5.52 Å². The molecule has 0 aliphatic heterocycles. The van der Waals surface area contributed by atoms with Crippen molar-refractivity contribution in [3.63, 3.8) is 0 Å². The summed E-state index contributed by atoms with van der Waals surface area (Å²) in [5.41, 5.74) is 1.61. The molecule has 1 heterocycles. The van der Waals surface area contributed by atoms with Gasteiger partial charge in [0.25, 0.3) is 0 Å². The van der Waals surface area contributed by atoms with Gasteiger partial charge in [-0.2, -0.15) is 5.10 Å². The lowest BCUT2D eigenvalue weighted by atomic mass is 10.2. The first-order valence-electron chi connectivity index (χ1n) is 6.60. The smallest absolute Gasteiger partial charge is 0.150 e. The quantitative estimate of drug-likeness (QED) is 0.320. The van der Waals surface area contributed by atoms with Crippen LogP contribution in [0.3, 0.4) is 0 Å². The van der Waals surface area contributed by atoms with Gasteiger partial charge in [-0.3, -0.25) is 4.79 Å². The number of carbonyl (C=O) groups excluding carboxylic acids is 1. The summed E-state index contributed by atoms with van der Waals surface area (Å²) < 4.78 is 8.50. The fourth-order valence-corrected chi connectivity index (χ4v) is 3.32. The van der Waals surface area contributed by atoms with E-state index in [0.29, 0.717) is 12.3 Å². The van der Waals surface area contributed by atoms with Crippen molar-refractivity contribution in [1.82, 2.24) is 9.78 Å². The summed E-state index contributed by atoms with van der Waals surface area (Å²) in [5.74, 6) is 0. The molecule has 0 amide bonds. The molecule has 6 heteroatoms. The van der Waals surface area contributed by atoms with Crippen LogP contribution in [-0.2, 0) is 11.5 Å². The van der Waals surface area contributed by atoms with E-state index in [-0.39, 0.29) is 0 Å². The fourth-order valence-electron chi connectivity index (χ4n) is 1.85. The minimum absolute atomic E-state index is 0.437. The van der Waals surface area contributed by atoms with E-state index in [0.717, 1.165) is 33.5 Å². The van der Waals surface area contributed by atoms with Gasteiger partial charge in [-0.1, -0.05) is 25.7 Å². The zero-order valence-corrected chi connectivity index (χ0v) is 15.2. The number of aldehydes is 1. The van der Waals surface area contributed by atoms with Gasteiger partial charge in [-0.25, -0.2) is 4.68 Å². The molecule has 0 saturated heterocycles. The maximum absolute atomic E-state index is 10.9. The number of rotatable bonds is 6. The predicted molar refractivity (Wildman–Crippen MR) is 91.9 cm³/mol. The fraction of sp³-hybridized carbons (Fsp3) is 0.429. The van der Waals surface area contributed by atoms with E-state index in [2.05, 4.69) is 47.3 Å². The molecule has 2 aromatic rings. The Morgan fingerprint density at radius 1 is 1.40 bits per heavy atom. The topological polar surface area (TPSA) is 44.1 Å². The number of nitrogens with zero attached hydrogens (tertiary/aromatic N) is 2. The zero-order chi connectivity index (χ0) is 14.8. The third-order valence-corrected chi connectivity index (χ3v) is 5.58. The summed E-state index contributed by atoms with van der Waals surface area (Å²) in [6, 6.07) is 6.75. The van der Waals surface area contributed by atoms with Gasteiger partial charge in [0.2, 0.25) is 0 Å². The summed E-state index contributed by atoms with van der Waals surface area (Å²) >= 11 is 2.21. The Hall–Kier alpha value is -0.733. The van der Waals surface area contributed by atoms with Crippen LogP contribution in [0.1, 0.15) is 10.4 Å². The highest BCUT2D eigenvalue weighted by Gasteiger charge is 2.13. The highest BCUT2D eigenvalue weighted by Crippen LogP contribution is 2.21. The third kappa shape index (κ3) is 3.89. The molecule has 0 aliphatic rings. The molecule has 0 aliphatic carbocycles. The number of hydrogen-bond donors (Lipinski definition) is 0. The Morgan fingerprint density at radius 2 is 2.15 bits per heavy atom. The largest absolute Gasteiger partial charge is 0.360 e. The summed E-state index contributed by atoms with van der Waals surface area (Å²) in [6.07, 6.45) is 0.857. The van der Waals surface area contributed by atoms with Crippen LogP contribution in [-0.4, -0.2) is 30.7 Å². The molecule has 0 radical (unpaired) electrons. The Bertz CT molecular complexity index is 619. The number of hydrogen-bond acceptors (Lipinski definition) is 3. The van der Waals surface area contributed by atoms with Crippen LogP contribution in [0.25, 0.3) is 10.9 Å². The average Bonchev–Trinajstić information content (AvgIpc) is 2.70. The Labute approximate surface area is 133 Å². The molecule has 0 N–H and O–H groups in total. The van der Waals surface area contributed by atoms with E-state index in [1.807, 2.05) is 22.9 Å². The molecule has 0 unspecified atom stereocenters. The van der Waals surface area contributed by atoms with Crippen LogP contribution < -0.4 is 0 Å². The van der Waals surface area contributed by atoms with Crippen molar-refractivity contribution in [2.45, 2.75) is 32.4 Å².